The second-order valence-electron chi connectivity index (χ2n) is 4.81. The van der Waals surface area contributed by atoms with Gasteiger partial charge in [-0.2, -0.15) is 17.9 Å². The van der Waals surface area contributed by atoms with E-state index in [1.165, 1.54) is 6.07 Å². The minimum Gasteiger partial charge on any atom is -0.618 e. The van der Waals surface area contributed by atoms with Crippen molar-refractivity contribution in [3.63, 3.8) is 0 Å². The van der Waals surface area contributed by atoms with Crippen LogP contribution in [-0.2, 0) is 0 Å². The van der Waals surface area contributed by atoms with Crippen molar-refractivity contribution in [3.05, 3.63) is 34.8 Å². The molecule has 0 amide bonds. The Balaban J connectivity index is 2.18. The van der Waals surface area contributed by atoms with Gasteiger partial charge in [0.1, 0.15) is 0 Å². The van der Waals surface area contributed by atoms with Crippen LogP contribution in [0.15, 0.2) is 18.3 Å². The van der Waals surface area contributed by atoms with Crippen molar-refractivity contribution >= 4 is 0 Å². The Labute approximate surface area is 112 Å². The monoisotopic (exact) mass is 296 g/mol. The van der Waals surface area contributed by atoms with Gasteiger partial charge in [-0.25, -0.2) is 8.78 Å². The number of hydrogen-bond donors (Lipinski definition) is 0. The molecule has 0 radical (unpaired) electrons. The molecule has 1 aromatic rings. The molecule has 1 saturated heterocycles. The maximum Gasteiger partial charge on any atom is 0.401 e. The summed E-state index contributed by atoms with van der Waals surface area (Å²) in [6, 6.07) is 2.35. The van der Waals surface area contributed by atoms with E-state index in [1.807, 2.05) is 0 Å². The molecule has 0 aliphatic carbocycles. The van der Waals surface area contributed by atoms with Crippen LogP contribution < -0.4 is 4.73 Å². The summed E-state index contributed by atoms with van der Waals surface area (Å²) in [6.45, 7) is -0.980. The highest BCUT2D eigenvalue weighted by atomic mass is 19.4. The predicted molar refractivity (Wildman–Crippen MR) is 60.2 cm³/mol. The summed E-state index contributed by atoms with van der Waals surface area (Å²) in [6.07, 6.45) is -5.79. The van der Waals surface area contributed by atoms with Gasteiger partial charge in [-0.05, 0) is 19.0 Å². The lowest BCUT2D eigenvalue weighted by atomic mass is 9.99. The zero-order valence-corrected chi connectivity index (χ0v) is 10.4. The molecule has 0 spiro atoms. The Hall–Kier alpha value is -1.44. The van der Waals surface area contributed by atoms with Crippen LogP contribution in [0.4, 0.5) is 22.0 Å². The number of nitrogens with zero attached hydrogens (tertiary/aromatic N) is 2. The van der Waals surface area contributed by atoms with Gasteiger partial charge in [0.2, 0.25) is 5.69 Å². The van der Waals surface area contributed by atoms with Crippen LogP contribution in [0.1, 0.15) is 30.0 Å². The highest BCUT2D eigenvalue weighted by Crippen LogP contribution is 2.32. The van der Waals surface area contributed by atoms with E-state index in [0.717, 1.165) is 17.2 Å². The summed E-state index contributed by atoms with van der Waals surface area (Å²) in [5.41, 5.74) is -0.520. The van der Waals surface area contributed by atoms with Crippen LogP contribution in [0.3, 0.4) is 0 Å². The largest absolute Gasteiger partial charge is 0.618 e. The van der Waals surface area contributed by atoms with Crippen molar-refractivity contribution in [1.29, 1.82) is 0 Å². The lowest BCUT2D eigenvalue weighted by molar-refractivity contribution is -0.616. The normalized spacial score (nSPS) is 20.8. The van der Waals surface area contributed by atoms with Crippen molar-refractivity contribution in [2.24, 2.45) is 0 Å². The van der Waals surface area contributed by atoms with E-state index in [-0.39, 0.29) is 25.2 Å². The molecule has 1 aromatic heterocycles. The first-order valence-electron chi connectivity index (χ1n) is 6.07. The summed E-state index contributed by atoms with van der Waals surface area (Å²) in [5, 5.41) is 11.7. The molecule has 0 bridgehead atoms. The number of hydrogen-bond acceptors (Lipinski definition) is 2. The number of aromatic nitrogens is 1. The van der Waals surface area contributed by atoms with Crippen LogP contribution in [0.2, 0.25) is 0 Å². The second-order valence-corrected chi connectivity index (χ2v) is 4.81. The van der Waals surface area contributed by atoms with Crippen LogP contribution in [0, 0.1) is 5.21 Å². The van der Waals surface area contributed by atoms with Gasteiger partial charge in [0, 0.05) is 12.6 Å². The number of rotatable bonds is 3. The van der Waals surface area contributed by atoms with Crippen LogP contribution in [0.5, 0.6) is 0 Å². The SMILES string of the molecule is [O-][n+]1cccc(C(F)F)c1C1CCN(CC(F)(F)F)C1. The first kappa shape index (κ1) is 15.0. The van der Waals surface area contributed by atoms with Crippen molar-refractivity contribution in [2.75, 3.05) is 19.6 Å². The number of likely N-dealkylation sites (tertiary alicyclic amines) is 1. The topological polar surface area (TPSA) is 30.2 Å². The van der Waals surface area contributed by atoms with Gasteiger partial charge in [0.05, 0.1) is 18.0 Å². The average molecular weight is 296 g/mol. The van der Waals surface area contributed by atoms with Crippen LogP contribution in [-0.4, -0.2) is 30.7 Å². The molecule has 3 nitrogen and oxygen atoms in total. The van der Waals surface area contributed by atoms with Crippen molar-refractivity contribution < 1.29 is 26.7 Å². The van der Waals surface area contributed by atoms with Gasteiger partial charge in [-0.15, -0.1) is 0 Å². The minimum absolute atomic E-state index is 0.0362. The molecule has 1 aliphatic heterocycles. The molecular weight excluding hydrogens is 283 g/mol. The fraction of sp³-hybridized carbons (Fsp3) is 0.583. The first-order chi connectivity index (χ1) is 9.28. The molecule has 1 atom stereocenters. The molecule has 0 saturated carbocycles. The predicted octanol–water partition coefficient (Wildman–Crippen LogP) is 2.61. The van der Waals surface area contributed by atoms with Gasteiger partial charge in [-0.3, -0.25) is 4.90 Å². The summed E-state index contributed by atoms with van der Waals surface area (Å²) in [5.74, 6) is -0.597. The zero-order chi connectivity index (χ0) is 14.9. The molecular formula is C12H13F5N2O. The number of alkyl halides is 5. The Kier molecular flexibility index (Phi) is 4.12. The van der Waals surface area contributed by atoms with E-state index in [0.29, 0.717) is 4.73 Å². The lowest BCUT2D eigenvalue weighted by Crippen LogP contribution is -2.37. The molecule has 112 valence electrons. The second kappa shape index (κ2) is 5.51. The molecule has 2 rings (SSSR count). The molecule has 1 fully saturated rings. The molecule has 2 heterocycles. The fourth-order valence-corrected chi connectivity index (χ4v) is 2.57. The quantitative estimate of drug-likeness (QED) is 0.487. The maximum absolute atomic E-state index is 12.9. The van der Waals surface area contributed by atoms with Gasteiger partial charge in [0.15, 0.2) is 6.20 Å². The lowest BCUT2D eigenvalue weighted by Gasteiger charge is -2.18. The summed E-state index contributed by atoms with van der Waals surface area (Å²) < 4.78 is 63.0. The van der Waals surface area contributed by atoms with Gasteiger partial charge < -0.3 is 5.21 Å². The smallest absolute Gasteiger partial charge is 0.401 e. The van der Waals surface area contributed by atoms with E-state index >= 15 is 0 Å². The van der Waals surface area contributed by atoms with E-state index in [1.54, 1.807) is 0 Å². The van der Waals surface area contributed by atoms with Gasteiger partial charge in [-0.1, -0.05) is 0 Å². The van der Waals surface area contributed by atoms with Crippen molar-refractivity contribution in [3.8, 4) is 0 Å². The Morgan fingerprint density at radius 2 is 2.10 bits per heavy atom. The minimum atomic E-state index is -4.33. The molecule has 20 heavy (non-hydrogen) atoms. The first-order valence-corrected chi connectivity index (χ1v) is 6.07. The highest BCUT2D eigenvalue weighted by Gasteiger charge is 2.38. The van der Waals surface area contributed by atoms with Crippen molar-refractivity contribution in [1.82, 2.24) is 4.90 Å². The van der Waals surface area contributed by atoms with E-state index in [2.05, 4.69) is 0 Å². The maximum atomic E-state index is 12.9. The summed E-state index contributed by atoms with van der Waals surface area (Å²) >= 11 is 0. The highest BCUT2D eigenvalue weighted by molar-refractivity contribution is 5.22. The van der Waals surface area contributed by atoms with E-state index in [4.69, 9.17) is 0 Å². The van der Waals surface area contributed by atoms with Crippen LogP contribution in [0.25, 0.3) is 0 Å². The molecule has 1 aliphatic rings. The number of halogens is 5. The van der Waals surface area contributed by atoms with E-state index < -0.39 is 30.6 Å². The van der Waals surface area contributed by atoms with Crippen LogP contribution >= 0.6 is 0 Å². The zero-order valence-electron chi connectivity index (χ0n) is 10.4. The molecule has 0 aromatic carbocycles. The third-order valence-corrected chi connectivity index (χ3v) is 3.33. The Morgan fingerprint density at radius 1 is 1.40 bits per heavy atom. The summed E-state index contributed by atoms with van der Waals surface area (Å²) in [7, 11) is 0. The fourth-order valence-electron chi connectivity index (χ4n) is 2.57. The third-order valence-electron chi connectivity index (χ3n) is 3.33. The van der Waals surface area contributed by atoms with E-state index in [9.17, 15) is 27.2 Å². The molecule has 8 heteroatoms. The van der Waals surface area contributed by atoms with Gasteiger partial charge in [0.25, 0.3) is 6.43 Å². The standard InChI is InChI=1S/C12H13F5N2O/c13-11(14)9-2-1-4-19(20)10(9)8-3-5-18(6-8)7-12(15,16)17/h1-2,4,8,11H,3,5-7H2. The third kappa shape index (κ3) is 3.36. The number of pyridine rings is 1. The Bertz CT molecular complexity index is 477. The Morgan fingerprint density at radius 3 is 2.70 bits per heavy atom. The molecule has 1 unspecified atom stereocenters. The molecule has 0 N–H and O–H groups in total. The van der Waals surface area contributed by atoms with Crippen molar-refractivity contribution in [2.45, 2.75) is 24.9 Å². The summed E-state index contributed by atoms with van der Waals surface area (Å²) in [4.78, 5) is 1.13. The average Bonchev–Trinajstić information content (AvgIpc) is 2.74. The van der Waals surface area contributed by atoms with Gasteiger partial charge >= 0.3 is 6.18 Å².